The third-order valence-electron chi connectivity index (χ3n) is 2.99. The molecule has 1 aromatic heterocycles. The van der Waals surface area contributed by atoms with Crippen LogP contribution in [-0.2, 0) is 16.4 Å². The maximum Gasteiger partial charge on any atom is 0.242 e. The third-order valence-corrected chi connectivity index (χ3v) is 5.47. The van der Waals surface area contributed by atoms with Gasteiger partial charge in [0, 0.05) is 13.0 Å². The van der Waals surface area contributed by atoms with Gasteiger partial charge in [0.15, 0.2) is 0 Å². The van der Waals surface area contributed by atoms with Gasteiger partial charge < -0.3 is 9.15 Å². The van der Waals surface area contributed by atoms with Crippen LogP contribution < -0.4 is 9.46 Å². The molecule has 0 bridgehead atoms. The zero-order valence-electron chi connectivity index (χ0n) is 11.8. The molecule has 1 aromatic carbocycles. The third kappa shape index (κ3) is 3.95. The molecule has 0 atom stereocenters. The number of benzene rings is 1. The van der Waals surface area contributed by atoms with Gasteiger partial charge in [-0.1, -0.05) is 23.2 Å². The van der Waals surface area contributed by atoms with Gasteiger partial charge in [-0.3, -0.25) is 0 Å². The smallest absolute Gasteiger partial charge is 0.242 e. The maximum absolute atomic E-state index is 12.2. The van der Waals surface area contributed by atoms with Crippen LogP contribution in [0.3, 0.4) is 0 Å². The summed E-state index contributed by atoms with van der Waals surface area (Å²) in [5, 5.41) is 0.0159. The Morgan fingerprint density at radius 1 is 1.23 bits per heavy atom. The number of methoxy groups -OCH3 is 1. The lowest BCUT2D eigenvalue weighted by molar-refractivity contribution is 0.414. The van der Waals surface area contributed by atoms with E-state index in [1.807, 2.05) is 6.07 Å². The molecule has 1 N–H and O–H groups in total. The molecule has 0 spiro atoms. The van der Waals surface area contributed by atoms with E-state index in [0.717, 1.165) is 5.76 Å². The summed E-state index contributed by atoms with van der Waals surface area (Å²) in [7, 11) is -2.30. The van der Waals surface area contributed by atoms with E-state index in [9.17, 15) is 8.42 Å². The molecule has 0 saturated heterocycles. The number of halogens is 2. The topological polar surface area (TPSA) is 68.5 Å². The molecule has 0 radical (unpaired) electrons. The molecule has 0 aliphatic rings. The summed E-state index contributed by atoms with van der Waals surface area (Å²) in [5.74, 6) is 1.13. The molecule has 0 amide bonds. The predicted octanol–water partition coefficient (Wildman–Crippen LogP) is 3.51. The van der Waals surface area contributed by atoms with Crippen molar-refractivity contribution in [2.24, 2.45) is 0 Å². The van der Waals surface area contributed by atoms with Crippen LogP contribution in [0.4, 0.5) is 0 Å². The average Bonchev–Trinajstić information content (AvgIpc) is 2.99. The molecular formula is C14H15Cl2NO4S. The Hall–Kier alpha value is -1.21. The van der Waals surface area contributed by atoms with Gasteiger partial charge in [-0.15, -0.1) is 0 Å². The lowest BCUT2D eigenvalue weighted by Gasteiger charge is -2.11. The van der Waals surface area contributed by atoms with Gasteiger partial charge in [-0.2, -0.15) is 0 Å². The van der Waals surface area contributed by atoms with Crippen LogP contribution in [0.1, 0.15) is 12.2 Å². The Kier molecular flexibility index (Phi) is 5.74. The van der Waals surface area contributed by atoms with Crippen molar-refractivity contribution in [3.63, 3.8) is 0 Å². The Morgan fingerprint density at radius 3 is 2.64 bits per heavy atom. The Bertz CT molecular complexity index is 730. The first kappa shape index (κ1) is 17.1. The second-order valence-corrected chi connectivity index (χ2v) is 6.97. The lowest BCUT2D eigenvalue weighted by atomic mass is 10.2. The summed E-state index contributed by atoms with van der Waals surface area (Å²) >= 11 is 12.0. The molecule has 2 rings (SSSR count). The molecule has 1 heterocycles. The molecule has 8 heteroatoms. The highest BCUT2D eigenvalue weighted by atomic mass is 35.5. The second kappa shape index (κ2) is 7.37. The Labute approximate surface area is 139 Å². The van der Waals surface area contributed by atoms with Crippen molar-refractivity contribution in [3.05, 3.63) is 46.3 Å². The standard InChI is InChI=1S/C14H15Cl2NO4S/c1-20-11-6-7-12(14(16)13(11)15)22(18,19)17-8-2-4-10-5-3-9-21-10/h3,5-7,9,17H,2,4,8H2,1H3. The Balaban J connectivity index is 2.02. The van der Waals surface area contributed by atoms with Crippen LogP contribution in [0.2, 0.25) is 10.0 Å². The van der Waals surface area contributed by atoms with Gasteiger partial charge in [-0.25, -0.2) is 13.1 Å². The van der Waals surface area contributed by atoms with E-state index in [1.54, 1.807) is 12.3 Å². The summed E-state index contributed by atoms with van der Waals surface area (Å²) < 4.78 is 37.2. The Morgan fingerprint density at radius 2 is 2.00 bits per heavy atom. The number of nitrogens with one attached hydrogen (secondary N) is 1. The SMILES string of the molecule is COc1ccc(S(=O)(=O)NCCCc2ccco2)c(Cl)c1Cl. The van der Waals surface area contributed by atoms with Crippen molar-refractivity contribution in [3.8, 4) is 5.75 Å². The summed E-state index contributed by atoms with van der Waals surface area (Å²) in [5.41, 5.74) is 0. The predicted molar refractivity (Wildman–Crippen MR) is 85.2 cm³/mol. The van der Waals surface area contributed by atoms with Crippen LogP contribution in [0.5, 0.6) is 5.75 Å². The quantitative estimate of drug-likeness (QED) is 0.764. The molecule has 5 nitrogen and oxygen atoms in total. The first-order chi connectivity index (χ1) is 10.5. The van der Waals surface area contributed by atoms with Crippen molar-refractivity contribution in [1.82, 2.24) is 4.72 Å². The molecule has 0 aliphatic heterocycles. The molecule has 0 aliphatic carbocycles. The highest BCUT2D eigenvalue weighted by Gasteiger charge is 2.21. The number of rotatable bonds is 7. The fourth-order valence-electron chi connectivity index (χ4n) is 1.88. The van der Waals surface area contributed by atoms with Gasteiger partial charge >= 0.3 is 0 Å². The minimum Gasteiger partial charge on any atom is -0.495 e. The summed E-state index contributed by atoms with van der Waals surface area (Å²) in [6.45, 7) is 0.267. The number of aryl methyl sites for hydroxylation is 1. The van der Waals surface area contributed by atoms with Gasteiger partial charge in [0.25, 0.3) is 0 Å². The fourth-order valence-corrected chi connectivity index (χ4v) is 3.79. The van der Waals surface area contributed by atoms with Crippen molar-refractivity contribution in [2.45, 2.75) is 17.7 Å². The molecule has 2 aromatic rings. The van der Waals surface area contributed by atoms with Crippen molar-refractivity contribution >= 4 is 33.2 Å². The minimum absolute atomic E-state index is 0.0560. The van der Waals surface area contributed by atoms with E-state index in [1.165, 1.54) is 19.2 Å². The molecular weight excluding hydrogens is 349 g/mol. The zero-order chi connectivity index (χ0) is 16.2. The maximum atomic E-state index is 12.2. The van der Waals surface area contributed by atoms with E-state index in [0.29, 0.717) is 18.6 Å². The second-order valence-electron chi connectivity index (χ2n) is 4.47. The van der Waals surface area contributed by atoms with E-state index >= 15 is 0 Å². The van der Waals surface area contributed by atoms with Crippen LogP contribution in [0.25, 0.3) is 0 Å². The van der Waals surface area contributed by atoms with Gasteiger partial charge in [0.1, 0.15) is 21.4 Å². The number of furan rings is 1. The lowest BCUT2D eigenvalue weighted by Crippen LogP contribution is -2.25. The number of hydrogen-bond acceptors (Lipinski definition) is 4. The van der Waals surface area contributed by atoms with Crippen LogP contribution in [-0.4, -0.2) is 22.1 Å². The van der Waals surface area contributed by atoms with E-state index in [4.69, 9.17) is 32.4 Å². The monoisotopic (exact) mass is 363 g/mol. The molecule has 0 saturated carbocycles. The first-order valence-electron chi connectivity index (χ1n) is 6.49. The van der Waals surface area contributed by atoms with Gasteiger partial charge in [0.05, 0.1) is 18.4 Å². The largest absolute Gasteiger partial charge is 0.495 e. The normalized spacial score (nSPS) is 11.6. The number of sulfonamides is 1. The molecule has 120 valence electrons. The van der Waals surface area contributed by atoms with Gasteiger partial charge in [0.2, 0.25) is 10.0 Å². The van der Waals surface area contributed by atoms with E-state index in [2.05, 4.69) is 4.72 Å². The van der Waals surface area contributed by atoms with Crippen LogP contribution in [0.15, 0.2) is 39.8 Å². The fraction of sp³-hybridized carbons (Fsp3) is 0.286. The van der Waals surface area contributed by atoms with Gasteiger partial charge in [-0.05, 0) is 30.7 Å². The van der Waals surface area contributed by atoms with Crippen LogP contribution >= 0.6 is 23.2 Å². The summed E-state index contributed by atoms with van der Waals surface area (Å²) in [4.78, 5) is -0.0713. The van der Waals surface area contributed by atoms with Crippen molar-refractivity contribution in [2.75, 3.05) is 13.7 Å². The highest BCUT2D eigenvalue weighted by Crippen LogP contribution is 2.36. The van der Waals surface area contributed by atoms with Crippen LogP contribution in [0, 0.1) is 0 Å². The molecule has 0 unspecified atom stereocenters. The highest BCUT2D eigenvalue weighted by molar-refractivity contribution is 7.89. The minimum atomic E-state index is -3.73. The van der Waals surface area contributed by atoms with Crippen molar-refractivity contribution in [1.29, 1.82) is 0 Å². The zero-order valence-corrected chi connectivity index (χ0v) is 14.1. The summed E-state index contributed by atoms with van der Waals surface area (Å²) in [6.07, 6.45) is 2.83. The molecule has 0 fully saturated rings. The van der Waals surface area contributed by atoms with E-state index < -0.39 is 10.0 Å². The average molecular weight is 364 g/mol. The summed E-state index contributed by atoms with van der Waals surface area (Å²) in [6, 6.07) is 6.46. The van der Waals surface area contributed by atoms with Crippen molar-refractivity contribution < 1.29 is 17.6 Å². The first-order valence-corrected chi connectivity index (χ1v) is 8.73. The van der Waals surface area contributed by atoms with E-state index in [-0.39, 0.29) is 21.5 Å². The number of hydrogen-bond donors (Lipinski definition) is 1. The molecule has 22 heavy (non-hydrogen) atoms. The number of ether oxygens (including phenoxy) is 1.